The van der Waals surface area contributed by atoms with Crippen LogP contribution in [0.3, 0.4) is 0 Å². The molecule has 0 bridgehead atoms. The van der Waals surface area contributed by atoms with Crippen molar-refractivity contribution in [3.63, 3.8) is 0 Å². The Morgan fingerprint density at radius 1 is 1.09 bits per heavy atom. The van der Waals surface area contributed by atoms with Gasteiger partial charge in [-0.25, -0.2) is 13.8 Å². The van der Waals surface area contributed by atoms with Crippen LogP contribution in [-0.4, -0.2) is 41.3 Å². The maximum Gasteiger partial charge on any atom is 0.258 e. The van der Waals surface area contributed by atoms with Gasteiger partial charge in [-0.2, -0.15) is 0 Å². The number of nitrogens with zero attached hydrogens (tertiary/aromatic N) is 2. The number of pyridine rings is 1. The molecule has 1 aliphatic heterocycles. The first-order valence-electron chi connectivity index (χ1n) is 10.9. The molecule has 4 aromatic rings. The van der Waals surface area contributed by atoms with Crippen molar-refractivity contribution >= 4 is 10.9 Å². The molecule has 5 rings (SSSR count). The Morgan fingerprint density at radius 2 is 1.91 bits per heavy atom. The van der Waals surface area contributed by atoms with Crippen LogP contribution in [0.4, 0.5) is 8.78 Å². The number of rotatable bonds is 6. The zero-order valence-corrected chi connectivity index (χ0v) is 18.4. The molecule has 0 aliphatic carbocycles. The summed E-state index contributed by atoms with van der Waals surface area (Å²) in [6.45, 7) is 1.64. The minimum Gasteiger partial charge on any atom is -0.493 e. The summed E-state index contributed by atoms with van der Waals surface area (Å²) < 4.78 is 38.5. The van der Waals surface area contributed by atoms with Crippen molar-refractivity contribution in [2.75, 3.05) is 20.2 Å². The van der Waals surface area contributed by atoms with Crippen LogP contribution >= 0.6 is 0 Å². The molecule has 2 N–H and O–H groups in total. The van der Waals surface area contributed by atoms with Gasteiger partial charge in [0.25, 0.3) is 5.56 Å². The van der Waals surface area contributed by atoms with Gasteiger partial charge in [0.15, 0.2) is 11.5 Å². The Bertz CT molecular complexity index is 1380. The van der Waals surface area contributed by atoms with E-state index in [1.54, 1.807) is 30.5 Å². The lowest BCUT2D eigenvalue weighted by atomic mass is 10.1. The highest BCUT2D eigenvalue weighted by atomic mass is 19.1. The fourth-order valence-electron chi connectivity index (χ4n) is 4.03. The second kappa shape index (κ2) is 9.18. The Hall–Kier alpha value is -3.85. The van der Waals surface area contributed by atoms with Crippen molar-refractivity contribution in [3.05, 3.63) is 82.0 Å². The van der Waals surface area contributed by atoms with Crippen LogP contribution in [0.5, 0.6) is 11.5 Å². The summed E-state index contributed by atoms with van der Waals surface area (Å²) in [6.07, 6.45) is 2.84. The molecule has 174 valence electrons. The van der Waals surface area contributed by atoms with Crippen LogP contribution in [0.1, 0.15) is 17.8 Å². The molecule has 9 heteroatoms. The average molecular weight is 464 g/mol. The maximum atomic E-state index is 13.5. The quantitative estimate of drug-likeness (QED) is 0.453. The number of hydrogen-bond donors (Lipinski definition) is 2. The van der Waals surface area contributed by atoms with Gasteiger partial charge < -0.3 is 19.8 Å². The first-order valence-corrected chi connectivity index (χ1v) is 10.9. The lowest BCUT2D eigenvalue weighted by Gasteiger charge is -2.16. The van der Waals surface area contributed by atoms with E-state index in [1.807, 2.05) is 0 Å². The van der Waals surface area contributed by atoms with Gasteiger partial charge in [-0.3, -0.25) is 9.78 Å². The lowest BCUT2D eigenvalue weighted by Crippen LogP contribution is -2.20. The second-order valence-electron chi connectivity index (χ2n) is 8.15. The van der Waals surface area contributed by atoms with Crippen LogP contribution in [0, 0.1) is 11.6 Å². The zero-order valence-electron chi connectivity index (χ0n) is 18.4. The van der Waals surface area contributed by atoms with Crippen molar-refractivity contribution in [1.29, 1.82) is 0 Å². The fraction of sp³-hybridized carbons (Fsp3) is 0.240. The average Bonchev–Trinajstić information content (AvgIpc) is 3.32. The SMILES string of the molecule is COc1cc2c(=O)[nH]c(Cc3ccc(-c4cc(F)cc(F)c4)nc3)nc2cc1OC1CCNC1. The molecule has 1 saturated heterocycles. The molecule has 0 amide bonds. The van der Waals surface area contributed by atoms with E-state index in [9.17, 15) is 13.6 Å². The molecule has 1 fully saturated rings. The molecule has 7 nitrogen and oxygen atoms in total. The largest absolute Gasteiger partial charge is 0.493 e. The van der Waals surface area contributed by atoms with Crippen molar-refractivity contribution in [2.24, 2.45) is 0 Å². The van der Waals surface area contributed by atoms with Gasteiger partial charge >= 0.3 is 0 Å². The molecule has 34 heavy (non-hydrogen) atoms. The predicted octanol–water partition coefficient (Wildman–Crippen LogP) is 3.60. The lowest BCUT2D eigenvalue weighted by molar-refractivity contribution is 0.213. The third-order valence-electron chi connectivity index (χ3n) is 5.70. The molecule has 1 aliphatic rings. The molecule has 2 aromatic heterocycles. The van der Waals surface area contributed by atoms with Crippen molar-refractivity contribution in [3.8, 4) is 22.8 Å². The van der Waals surface area contributed by atoms with Gasteiger partial charge in [0.1, 0.15) is 23.6 Å². The van der Waals surface area contributed by atoms with Gasteiger partial charge in [0.05, 0.1) is 23.7 Å². The maximum absolute atomic E-state index is 13.5. The Kier molecular flexibility index (Phi) is 5.93. The third kappa shape index (κ3) is 4.60. The van der Waals surface area contributed by atoms with E-state index >= 15 is 0 Å². The van der Waals surface area contributed by atoms with Crippen LogP contribution in [-0.2, 0) is 6.42 Å². The number of hydrogen-bond acceptors (Lipinski definition) is 6. The molecule has 1 unspecified atom stereocenters. The smallest absolute Gasteiger partial charge is 0.258 e. The number of H-pyrrole nitrogens is 1. The number of aromatic nitrogens is 3. The molecule has 0 radical (unpaired) electrons. The summed E-state index contributed by atoms with van der Waals surface area (Å²) in [5.41, 5.74) is 1.79. The van der Waals surface area contributed by atoms with Crippen molar-refractivity contribution < 1.29 is 18.3 Å². The van der Waals surface area contributed by atoms with E-state index in [-0.39, 0.29) is 11.7 Å². The standard InChI is InChI=1S/C25H22F2N4O3/c1-33-22-10-19-21(11-23(22)34-18-4-5-28-13-18)30-24(31-25(19)32)6-14-2-3-20(29-12-14)15-7-16(26)9-17(27)8-15/h2-3,7-12,18,28H,4-6,13H2,1H3,(H,30,31,32). The van der Waals surface area contributed by atoms with E-state index in [0.717, 1.165) is 31.1 Å². The number of benzene rings is 2. The van der Waals surface area contributed by atoms with E-state index in [2.05, 4.69) is 20.3 Å². The number of nitrogens with one attached hydrogen (secondary N) is 2. The molecule has 1 atom stereocenters. The van der Waals surface area contributed by atoms with Crippen LogP contribution in [0.25, 0.3) is 22.2 Å². The minimum absolute atomic E-state index is 0.0315. The third-order valence-corrected chi connectivity index (χ3v) is 5.70. The first-order chi connectivity index (χ1) is 16.5. The molecule has 3 heterocycles. The zero-order chi connectivity index (χ0) is 23.7. The van der Waals surface area contributed by atoms with Crippen LogP contribution < -0.4 is 20.3 Å². The van der Waals surface area contributed by atoms with Crippen LogP contribution in [0.15, 0.2) is 53.5 Å². The van der Waals surface area contributed by atoms with Gasteiger partial charge in [-0.05, 0) is 42.8 Å². The normalized spacial score (nSPS) is 15.6. The number of methoxy groups -OCH3 is 1. The highest BCUT2D eigenvalue weighted by molar-refractivity contribution is 5.81. The summed E-state index contributed by atoms with van der Waals surface area (Å²) >= 11 is 0. The molecule has 0 spiro atoms. The Balaban J connectivity index is 1.42. The van der Waals surface area contributed by atoms with Gasteiger partial charge in [0, 0.05) is 36.9 Å². The van der Waals surface area contributed by atoms with E-state index in [1.165, 1.54) is 19.2 Å². The van der Waals surface area contributed by atoms with Gasteiger partial charge in [-0.1, -0.05) is 6.07 Å². The number of aromatic amines is 1. The molecular formula is C25H22F2N4O3. The van der Waals surface area contributed by atoms with Crippen molar-refractivity contribution in [2.45, 2.75) is 18.9 Å². The number of fused-ring (bicyclic) bond motifs is 1. The summed E-state index contributed by atoms with van der Waals surface area (Å²) in [6, 6.07) is 10.1. The summed E-state index contributed by atoms with van der Waals surface area (Å²) in [4.78, 5) is 24.5. The Labute approximate surface area is 193 Å². The van der Waals surface area contributed by atoms with Crippen molar-refractivity contribution in [1.82, 2.24) is 20.3 Å². The molecule has 0 saturated carbocycles. The highest BCUT2D eigenvalue weighted by Crippen LogP contribution is 2.32. The summed E-state index contributed by atoms with van der Waals surface area (Å²) in [7, 11) is 1.53. The van der Waals surface area contributed by atoms with Gasteiger partial charge in [0.2, 0.25) is 0 Å². The topological polar surface area (TPSA) is 89.1 Å². The number of ether oxygens (including phenoxy) is 2. The monoisotopic (exact) mass is 464 g/mol. The molecule has 2 aromatic carbocycles. The molecular weight excluding hydrogens is 442 g/mol. The summed E-state index contributed by atoms with van der Waals surface area (Å²) in [5, 5.41) is 3.66. The number of halogens is 2. The van der Waals surface area contributed by atoms with Crippen LogP contribution in [0.2, 0.25) is 0 Å². The fourth-order valence-corrected chi connectivity index (χ4v) is 4.03. The van der Waals surface area contributed by atoms with E-state index < -0.39 is 11.6 Å². The Morgan fingerprint density at radius 3 is 2.59 bits per heavy atom. The predicted molar refractivity (Wildman–Crippen MR) is 123 cm³/mol. The highest BCUT2D eigenvalue weighted by Gasteiger charge is 2.19. The van der Waals surface area contributed by atoms with E-state index in [0.29, 0.717) is 45.9 Å². The van der Waals surface area contributed by atoms with E-state index in [4.69, 9.17) is 9.47 Å². The first kappa shape index (κ1) is 22.0. The van der Waals surface area contributed by atoms with Gasteiger partial charge in [-0.15, -0.1) is 0 Å². The minimum atomic E-state index is -0.664. The summed E-state index contributed by atoms with van der Waals surface area (Å²) in [5.74, 6) is 0.155. The second-order valence-corrected chi connectivity index (χ2v) is 8.15.